The van der Waals surface area contributed by atoms with Crippen LogP contribution in [0.15, 0.2) is 11.5 Å². The predicted molar refractivity (Wildman–Crippen MR) is 40.3 cm³/mol. The molecule has 0 aliphatic heterocycles. The largest absolute Gasteiger partial charge is 0.501 e. The molecule has 0 aliphatic rings. The zero-order chi connectivity index (χ0) is 10.5. The fraction of sp³-hybridized carbons (Fsp3) is 0.429. The average Bonchev–Trinajstić information content (AvgIpc) is 2.19. The first-order valence-electron chi connectivity index (χ1n) is 3.20. The van der Waals surface area contributed by atoms with E-state index in [-0.39, 0.29) is 0 Å². The van der Waals surface area contributed by atoms with E-state index in [2.05, 4.69) is 0 Å². The van der Waals surface area contributed by atoms with E-state index in [1.807, 2.05) is 0 Å². The third-order valence-electron chi connectivity index (χ3n) is 1.64. The molecule has 72 valence electrons. The lowest BCUT2D eigenvalue weighted by Crippen LogP contribution is -2.35. The van der Waals surface area contributed by atoms with Gasteiger partial charge in [-0.05, 0) is 0 Å². The van der Waals surface area contributed by atoms with Crippen LogP contribution in [0.5, 0.6) is 0 Å². The molecule has 0 amide bonds. The topological polar surface area (TPSA) is 115 Å². The average molecular weight is 188 g/mol. The molecule has 0 unspecified atom stereocenters. The molecule has 0 radical (unpaired) electrons. The molecule has 0 spiro atoms. The maximum absolute atomic E-state index is 10.0. The summed E-state index contributed by atoms with van der Waals surface area (Å²) in [7, 11) is 0. The van der Waals surface area contributed by atoms with Gasteiger partial charge in [-0.15, -0.1) is 0 Å². The van der Waals surface area contributed by atoms with Crippen molar-refractivity contribution in [3.05, 3.63) is 11.5 Å². The van der Waals surface area contributed by atoms with Crippen molar-refractivity contribution in [1.82, 2.24) is 0 Å². The molecule has 0 aliphatic carbocycles. The van der Waals surface area contributed by atoms with Gasteiger partial charge in [-0.3, -0.25) is 0 Å². The highest BCUT2D eigenvalue weighted by molar-refractivity contribution is 5.60. The van der Waals surface area contributed by atoms with Gasteiger partial charge < -0.3 is 20.4 Å². The Kier molecular flexibility index (Phi) is 3.91. The van der Waals surface area contributed by atoms with Gasteiger partial charge in [0.2, 0.25) is 0 Å². The highest BCUT2D eigenvalue weighted by atomic mass is 16.3. The number of hydrogen-bond acceptors (Lipinski definition) is 6. The second-order valence-corrected chi connectivity index (χ2v) is 2.30. The van der Waals surface area contributed by atoms with Crippen LogP contribution in [0.2, 0.25) is 0 Å². The Bertz CT molecular complexity index is 251. The van der Waals surface area contributed by atoms with E-state index in [4.69, 9.17) is 20.4 Å². The number of carbonyl (C=O) groups excluding carboxylic acids is 2. The van der Waals surface area contributed by atoms with Gasteiger partial charge in [0.1, 0.15) is 0 Å². The van der Waals surface area contributed by atoms with Crippen LogP contribution >= 0.6 is 0 Å². The molecular formula is C7H8O6. The van der Waals surface area contributed by atoms with Crippen molar-refractivity contribution >= 4 is 11.9 Å². The lowest BCUT2D eigenvalue weighted by Gasteiger charge is -2.23. The van der Waals surface area contributed by atoms with E-state index < -0.39 is 30.1 Å². The van der Waals surface area contributed by atoms with Crippen molar-refractivity contribution in [2.75, 3.05) is 13.2 Å². The van der Waals surface area contributed by atoms with Gasteiger partial charge in [0.05, 0.1) is 13.2 Å². The molecule has 6 heteroatoms. The van der Waals surface area contributed by atoms with E-state index >= 15 is 0 Å². The molecule has 4 N–H and O–H groups in total. The molecule has 0 rings (SSSR count). The van der Waals surface area contributed by atoms with Crippen LogP contribution in [-0.4, -0.2) is 45.5 Å². The molecule has 13 heavy (non-hydrogen) atoms. The third kappa shape index (κ3) is 1.77. The Morgan fingerprint density at radius 1 is 1.00 bits per heavy atom. The Balaban J connectivity index is 5.41. The zero-order valence-electron chi connectivity index (χ0n) is 6.52. The van der Waals surface area contributed by atoms with Gasteiger partial charge in [-0.25, -0.2) is 9.59 Å². The fourth-order valence-electron chi connectivity index (χ4n) is 0.657. The van der Waals surface area contributed by atoms with Gasteiger partial charge >= 0.3 is 0 Å². The molecule has 0 aromatic rings. The Hall–Kier alpha value is -1.58. The van der Waals surface area contributed by atoms with Crippen LogP contribution in [0.25, 0.3) is 0 Å². The van der Waals surface area contributed by atoms with Crippen molar-refractivity contribution in [3.8, 4) is 0 Å². The highest BCUT2D eigenvalue weighted by Crippen LogP contribution is 2.28. The maximum Gasteiger partial charge on any atom is 0.196 e. The molecule has 0 aromatic carbocycles. The summed E-state index contributed by atoms with van der Waals surface area (Å²) in [6.45, 7) is -2.02. The minimum Gasteiger partial charge on any atom is -0.501 e. The van der Waals surface area contributed by atoms with E-state index in [1.165, 1.54) is 0 Å². The maximum atomic E-state index is 10.0. The summed E-state index contributed by atoms with van der Waals surface area (Å²) in [5.41, 5.74) is -2.19. The molecule has 6 nitrogen and oxygen atoms in total. The molecule has 0 fully saturated rings. The van der Waals surface area contributed by atoms with Crippen molar-refractivity contribution in [2.24, 2.45) is 5.41 Å². The van der Waals surface area contributed by atoms with E-state index in [0.717, 1.165) is 11.9 Å². The minimum absolute atomic E-state index is 0.965. The number of aliphatic hydroxyl groups is 4. The Morgan fingerprint density at radius 3 is 1.46 bits per heavy atom. The van der Waals surface area contributed by atoms with Crippen LogP contribution in [0.4, 0.5) is 0 Å². The predicted octanol–water partition coefficient (Wildman–Crippen LogP) is -1.50. The molecular weight excluding hydrogens is 180 g/mol. The fourth-order valence-corrected chi connectivity index (χ4v) is 0.657. The first-order chi connectivity index (χ1) is 6.08. The lowest BCUT2D eigenvalue weighted by atomic mass is 9.86. The van der Waals surface area contributed by atoms with Crippen molar-refractivity contribution < 1.29 is 30.0 Å². The number of aliphatic hydroxyl groups excluding tert-OH is 4. The van der Waals surface area contributed by atoms with E-state index in [0.29, 0.717) is 0 Å². The van der Waals surface area contributed by atoms with Crippen LogP contribution < -0.4 is 0 Å². The summed E-state index contributed by atoms with van der Waals surface area (Å²) < 4.78 is 0. The second kappa shape index (κ2) is 4.45. The molecule has 0 heterocycles. The molecule has 0 atom stereocenters. The molecule has 0 saturated carbocycles. The Labute approximate surface area is 73.0 Å². The standard InChI is InChI=1S/C7H8O6/c8-1-5(12)7(3-10,4-11)6(13)2-9/h10-13H,3-4H2. The molecule has 0 bridgehead atoms. The van der Waals surface area contributed by atoms with Gasteiger partial charge in [-0.2, -0.15) is 0 Å². The second-order valence-electron chi connectivity index (χ2n) is 2.30. The summed E-state index contributed by atoms with van der Waals surface area (Å²) in [4.78, 5) is 20.0. The molecule has 0 saturated heterocycles. The van der Waals surface area contributed by atoms with Crippen LogP contribution in [0.3, 0.4) is 0 Å². The summed E-state index contributed by atoms with van der Waals surface area (Å²) in [6.07, 6.45) is 0. The lowest BCUT2D eigenvalue weighted by molar-refractivity contribution is 0.0493. The first-order valence-corrected chi connectivity index (χ1v) is 3.20. The summed E-state index contributed by atoms with van der Waals surface area (Å²) >= 11 is 0. The van der Waals surface area contributed by atoms with Crippen LogP contribution in [0, 0.1) is 5.41 Å². The smallest absolute Gasteiger partial charge is 0.196 e. The summed E-state index contributed by atoms with van der Waals surface area (Å²) in [5, 5.41) is 35.2. The quantitative estimate of drug-likeness (QED) is 0.315. The summed E-state index contributed by atoms with van der Waals surface area (Å²) in [5.74, 6) is -0.378. The number of hydrogen-bond donors (Lipinski definition) is 4. The molecule has 0 aromatic heterocycles. The van der Waals surface area contributed by atoms with Gasteiger partial charge in [-0.1, -0.05) is 0 Å². The Morgan fingerprint density at radius 2 is 1.31 bits per heavy atom. The van der Waals surface area contributed by atoms with Crippen LogP contribution in [-0.2, 0) is 9.59 Å². The van der Waals surface area contributed by atoms with Crippen molar-refractivity contribution in [2.45, 2.75) is 0 Å². The van der Waals surface area contributed by atoms with Gasteiger partial charge in [0.15, 0.2) is 28.8 Å². The zero-order valence-corrected chi connectivity index (χ0v) is 6.52. The third-order valence-corrected chi connectivity index (χ3v) is 1.64. The normalized spacial score (nSPS) is 10.0. The SMILES string of the molecule is O=C=C(O)C(CO)(CO)C(O)=C=O. The first kappa shape index (κ1) is 11.4. The van der Waals surface area contributed by atoms with Crippen molar-refractivity contribution in [1.29, 1.82) is 0 Å². The van der Waals surface area contributed by atoms with E-state index in [1.54, 1.807) is 0 Å². The highest BCUT2D eigenvalue weighted by Gasteiger charge is 2.41. The van der Waals surface area contributed by atoms with Gasteiger partial charge in [0, 0.05) is 0 Å². The van der Waals surface area contributed by atoms with E-state index in [9.17, 15) is 9.59 Å². The van der Waals surface area contributed by atoms with Crippen molar-refractivity contribution in [3.63, 3.8) is 0 Å². The van der Waals surface area contributed by atoms with Gasteiger partial charge in [0.25, 0.3) is 0 Å². The minimum atomic E-state index is -2.19. The van der Waals surface area contributed by atoms with Crippen LogP contribution in [0.1, 0.15) is 0 Å². The monoisotopic (exact) mass is 188 g/mol. The number of rotatable bonds is 4. The summed E-state index contributed by atoms with van der Waals surface area (Å²) in [6, 6.07) is 0.